The second kappa shape index (κ2) is 6.06. The van der Waals surface area contributed by atoms with Crippen molar-refractivity contribution < 1.29 is 9.90 Å². The van der Waals surface area contributed by atoms with E-state index in [0.717, 1.165) is 0 Å². The van der Waals surface area contributed by atoms with Gasteiger partial charge in [0.25, 0.3) is 0 Å². The summed E-state index contributed by atoms with van der Waals surface area (Å²) in [4.78, 5) is 14.7. The second-order valence-electron chi connectivity index (χ2n) is 3.73. The summed E-state index contributed by atoms with van der Waals surface area (Å²) in [6.45, 7) is 0. The normalized spacial score (nSPS) is 10.4. The van der Waals surface area contributed by atoms with Crippen molar-refractivity contribution in [2.75, 3.05) is 5.32 Å². The molecular weight excluding hydrogens is 346 g/mol. The lowest BCUT2D eigenvalue weighted by Crippen LogP contribution is -2.01. The van der Waals surface area contributed by atoms with E-state index in [-0.39, 0.29) is 16.4 Å². The molecule has 1 aromatic carbocycles. The molecule has 0 fully saturated rings. The number of nitrogens with zero attached hydrogens (tertiary/aromatic N) is 1. The minimum Gasteiger partial charge on any atom is -0.478 e. The van der Waals surface area contributed by atoms with Gasteiger partial charge in [0.2, 0.25) is 0 Å². The monoisotopic (exact) mass is 350 g/mol. The van der Waals surface area contributed by atoms with Crippen LogP contribution >= 0.6 is 46.4 Å². The molecule has 4 nitrogen and oxygen atoms in total. The van der Waals surface area contributed by atoms with Crippen molar-refractivity contribution in [1.82, 2.24) is 4.98 Å². The summed E-state index contributed by atoms with van der Waals surface area (Å²) in [6, 6.07) is 4.29. The highest BCUT2D eigenvalue weighted by Gasteiger charge is 2.11. The van der Waals surface area contributed by atoms with Crippen LogP contribution in [0.3, 0.4) is 0 Å². The van der Waals surface area contributed by atoms with Crippen LogP contribution < -0.4 is 5.32 Å². The molecule has 0 radical (unpaired) electrons. The Morgan fingerprint density at radius 1 is 1.00 bits per heavy atom. The fraction of sp³-hybridized carbons (Fsp3) is 0. The van der Waals surface area contributed by atoms with E-state index in [1.807, 2.05) is 0 Å². The number of hydrogen-bond acceptors (Lipinski definition) is 3. The number of aromatic carboxylic acids is 1. The number of hydrogen-bond donors (Lipinski definition) is 2. The highest BCUT2D eigenvalue weighted by molar-refractivity contribution is 6.44. The molecule has 0 atom stereocenters. The first-order valence-corrected chi connectivity index (χ1v) is 6.70. The van der Waals surface area contributed by atoms with Gasteiger partial charge in [-0.05, 0) is 18.2 Å². The van der Waals surface area contributed by atoms with Gasteiger partial charge in [0.1, 0.15) is 5.82 Å². The van der Waals surface area contributed by atoms with E-state index >= 15 is 0 Å². The van der Waals surface area contributed by atoms with Gasteiger partial charge in [-0.15, -0.1) is 0 Å². The molecule has 20 heavy (non-hydrogen) atoms. The zero-order valence-corrected chi connectivity index (χ0v) is 12.6. The average Bonchev–Trinajstić information content (AvgIpc) is 2.37. The molecule has 0 aliphatic carbocycles. The standard InChI is InChI=1S/C12H6Cl4N2O2/c13-6-2-8(15)10(3-7(6)14)18-11-9(16)1-5(4-17-11)12(19)20/h1-4H,(H,17,18)(H,19,20). The number of nitrogens with one attached hydrogen (secondary N) is 1. The molecule has 0 amide bonds. The largest absolute Gasteiger partial charge is 0.478 e. The summed E-state index contributed by atoms with van der Waals surface area (Å²) in [7, 11) is 0. The van der Waals surface area contributed by atoms with Crippen molar-refractivity contribution in [2.24, 2.45) is 0 Å². The van der Waals surface area contributed by atoms with E-state index in [2.05, 4.69) is 10.3 Å². The number of carboxylic acids is 1. The number of carbonyl (C=O) groups is 1. The summed E-state index contributed by atoms with van der Waals surface area (Å²) in [5.74, 6) is -0.851. The van der Waals surface area contributed by atoms with Gasteiger partial charge in [0.15, 0.2) is 0 Å². The molecule has 1 heterocycles. The van der Waals surface area contributed by atoms with Gasteiger partial charge in [-0.3, -0.25) is 0 Å². The lowest BCUT2D eigenvalue weighted by Gasteiger charge is -2.10. The van der Waals surface area contributed by atoms with Crippen LogP contribution in [0.1, 0.15) is 10.4 Å². The molecule has 0 aliphatic heterocycles. The summed E-state index contributed by atoms with van der Waals surface area (Å²) in [5.41, 5.74) is 0.444. The van der Waals surface area contributed by atoms with Gasteiger partial charge in [-0.2, -0.15) is 0 Å². The van der Waals surface area contributed by atoms with E-state index in [0.29, 0.717) is 20.8 Å². The minimum absolute atomic E-state index is 0.0132. The molecule has 0 saturated carbocycles. The summed E-state index contributed by atoms with van der Waals surface area (Å²) < 4.78 is 0. The van der Waals surface area contributed by atoms with E-state index in [9.17, 15) is 4.79 Å². The molecule has 1 aromatic heterocycles. The van der Waals surface area contributed by atoms with Crippen molar-refractivity contribution in [3.05, 3.63) is 50.0 Å². The summed E-state index contributed by atoms with van der Waals surface area (Å²) >= 11 is 23.7. The van der Waals surface area contributed by atoms with Gasteiger partial charge >= 0.3 is 5.97 Å². The average molecular weight is 352 g/mol. The smallest absolute Gasteiger partial charge is 0.337 e. The Morgan fingerprint density at radius 3 is 2.25 bits per heavy atom. The van der Waals surface area contributed by atoms with E-state index in [1.165, 1.54) is 24.4 Å². The van der Waals surface area contributed by atoms with Crippen molar-refractivity contribution in [1.29, 1.82) is 0 Å². The van der Waals surface area contributed by atoms with Crippen LogP contribution in [0.4, 0.5) is 11.5 Å². The number of rotatable bonds is 3. The maximum atomic E-state index is 10.8. The Morgan fingerprint density at radius 2 is 1.65 bits per heavy atom. The van der Waals surface area contributed by atoms with Gasteiger partial charge < -0.3 is 10.4 Å². The Labute approximate surface area is 134 Å². The Balaban J connectivity index is 2.35. The maximum absolute atomic E-state index is 10.8. The van der Waals surface area contributed by atoms with Crippen LogP contribution in [0.5, 0.6) is 0 Å². The first kappa shape index (κ1) is 15.2. The lowest BCUT2D eigenvalue weighted by molar-refractivity contribution is 0.0696. The predicted octanol–water partition coefficient (Wildman–Crippen LogP) is 5.14. The third-order valence-corrected chi connectivity index (χ3v) is 3.67. The van der Waals surface area contributed by atoms with E-state index < -0.39 is 5.97 Å². The topological polar surface area (TPSA) is 62.2 Å². The molecule has 104 valence electrons. The summed E-state index contributed by atoms with van der Waals surface area (Å²) in [6.07, 6.45) is 1.18. The number of carboxylic acid groups (broad SMARTS) is 1. The Bertz CT molecular complexity index is 691. The molecule has 0 bridgehead atoms. The Hall–Kier alpha value is -1.20. The molecule has 0 saturated heterocycles. The van der Waals surface area contributed by atoms with Crippen LogP contribution in [0.2, 0.25) is 20.1 Å². The molecule has 8 heteroatoms. The van der Waals surface area contributed by atoms with Gasteiger partial charge in [-0.25, -0.2) is 9.78 Å². The summed E-state index contributed by atoms with van der Waals surface area (Å²) in [5, 5.41) is 12.8. The first-order valence-electron chi connectivity index (χ1n) is 5.19. The van der Waals surface area contributed by atoms with Crippen molar-refractivity contribution >= 4 is 63.9 Å². The van der Waals surface area contributed by atoms with Crippen molar-refractivity contribution in [3.8, 4) is 0 Å². The maximum Gasteiger partial charge on any atom is 0.337 e. The van der Waals surface area contributed by atoms with E-state index in [1.54, 1.807) is 0 Å². The molecule has 2 N–H and O–H groups in total. The zero-order chi connectivity index (χ0) is 14.9. The highest BCUT2D eigenvalue weighted by Crippen LogP contribution is 2.34. The molecule has 2 aromatic rings. The number of anilines is 2. The second-order valence-corrected chi connectivity index (χ2v) is 5.36. The number of aromatic nitrogens is 1. The van der Waals surface area contributed by atoms with Crippen LogP contribution in [0, 0.1) is 0 Å². The zero-order valence-electron chi connectivity index (χ0n) is 9.62. The lowest BCUT2D eigenvalue weighted by atomic mass is 10.2. The van der Waals surface area contributed by atoms with Crippen LogP contribution in [-0.2, 0) is 0 Å². The third kappa shape index (κ3) is 3.27. The Kier molecular flexibility index (Phi) is 4.60. The molecule has 2 rings (SSSR count). The van der Waals surface area contributed by atoms with Crippen LogP contribution in [0.15, 0.2) is 24.4 Å². The first-order chi connectivity index (χ1) is 9.38. The van der Waals surface area contributed by atoms with E-state index in [4.69, 9.17) is 51.5 Å². The number of pyridine rings is 1. The quantitative estimate of drug-likeness (QED) is 0.752. The number of benzene rings is 1. The predicted molar refractivity (Wildman–Crippen MR) is 81.0 cm³/mol. The van der Waals surface area contributed by atoms with Crippen molar-refractivity contribution in [2.45, 2.75) is 0 Å². The number of halogens is 4. The molecule has 0 aliphatic rings. The minimum atomic E-state index is -1.11. The van der Waals surface area contributed by atoms with Crippen LogP contribution in [0.25, 0.3) is 0 Å². The molecule has 0 unspecified atom stereocenters. The molecule has 0 spiro atoms. The van der Waals surface area contributed by atoms with Crippen LogP contribution in [-0.4, -0.2) is 16.1 Å². The van der Waals surface area contributed by atoms with Gasteiger partial charge in [0, 0.05) is 6.20 Å². The SMILES string of the molecule is O=C(O)c1cnc(Nc2cc(Cl)c(Cl)cc2Cl)c(Cl)c1. The third-order valence-electron chi connectivity index (χ3n) is 2.35. The molecular formula is C12H6Cl4N2O2. The fourth-order valence-corrected chi connectivity index (χ4v) is 2.20. The highest BCUT2D eigenvalue weighted by atomic mass is 35.5. The fourth-order valence-electron chi connectivity index (χ4n) is 1.39. The van der Waals surface area contributed by atoms with Crippen molar-refractivity contribution in [3.63, 3.8) is 0 Å². The van der Waals surface area contributed by atoms with Gasteiger partial charge in [-0.1, -0.05) is 46.4 Å². The van der Waals surface area contributed by atoms with Gasteiger partial charge in [0.05, 0.1) is 31.3 Å².